The second-order valence-electron chi connectivity index (χ2n) is 8.37. The van der Waals surface area contributed by atoms with Crippen LogP contribution in [0.4, 0.5) is 0 Å². The zero-order chi connectivity index (χ0) is 27.4. The van der Waals surface area contributed by atoms with Crippen molar-refractivity contribution >= 4 is 40.5 Å². The highest BCUT2D eigenvalue weighted by atomic mass is 32.2. The Bertz CT molecular complexity index is 1760. The van der Waals surface area contributed by atoms with E-state index < -0.39 is 5.97 Å². The van der Waals surface area contributed by atoms with E-state index in [-0.39, 0.29) is 5.49 Å². The molecule has 0 spiro atoms. The molecule has 2 aromatic heterocycles. The Hall–Kier alpha value is -4.46. The third-order valence-corrected chi connectivity index (χ3v) is 7.54. The fourth-order valence-electron chi connectivity index (χ4n) is 3.98. The van der Waals surface area contributed by atoms with Crippen LogP contribution < -0.4 is 5.49 Å². The maximum absolute atomic E-state index is 11.9. The number of aromatic nitrogens is 4. The summed E-state index contributed by atoms with van der Waals surface area (Å²) in [5, 5.41) is 20.1. The fourth-order valence-corrected chi connectivity index (χ4v) is 5.47. The summed E-state index contributed by atoms with van der Waals surface area (Å²) < 4.78 is 6.59. The zero-order valence-corrected chi connectivity index (χ0v) is 22.7. The first-order valence-corrected chi connectivity index (χ1v) is 13.9. The number of carbonyl (C=O) groups is 1. The minimum Gasteiger partial charge on any atom is -0.465 e. The number of ether oxygens (including phenoxy) is 1. The summed E-state index contributed by atoms with van der Waals surface area (Å²) in [5.74, 6) is 0.179. The zero-order valence-electron chi connectivity index (χ0n) is 21.1. The lowest BCUT2D eigenvalue weighted by Gasteiger charge is -2.16. The topological polar surface area (TPSA) is 118 Å². The van der Waals surface area contributed by atoms with Crippen molar-refractivity contribution in [3.63, 3.8) is 0 Å². The molecule has 0 atom stereocenters. The van der Waals surface area contributed by atoms with E-state index in [1.54, 1.807) is 28.8 Å². The SMILES string of the molecule is COC(=O)c1ccc(Sc2nc3nc(Cc4ccc(C#N)cc4)nc(SC)c3c(=N)n2-c2ccccc2)cc1. The molecule has 2 heterocycles. The van der Waals surface area contributed by atoms with Gasteiger partial charge in [0.15, 0.2) is 10.8 Å². The standard InChI is InChI=1S/C29H22N6O2S2/c1-37-28(36)20-12-14-22(15-13-20)39-29-34-26-24(25(31)35(29)21-6-4-3-5-7-21)27(38-2)33-23(32-26)16-18-8-10-19(17-30)11-9-18/h3-15,31H,16H2,1-2H3. The number of nitrogens with one attached hydrogen (secondary N) is 1. The Labute approximate surface area is 233 Å². The Balaban J connectivity index is 1.64. The second kappa shape index (κ2) is 11.5. The van der Waals surface area contributed by atoms with E-state index in [1.165, 1.54) is 30.6 Å². The molecular formula is C29H22N6O2S2. The molecule has 0 aliphatic rings. The van der Waals surface area contributed by atoms with E-state index in [9.17, 15) is 10.2 Å². The molecule has 8 nitrogen and oxygen atoms in total. The Morgan fingerprint density at radius 1 is 1.00 bits per heavy atom. The molecular weight excluding hydrogens is 528 g/mol. The summed E-state index contributed by atoms with van der Waals surface area (Å²) in [6.07, 6.45) is 2.39. The van der Waals surface area contributed by atoms with Gasteiger partial charge in [-0.2, -0.15) is 5.26 Å². The molecule has 39 heavy (non-hydrogen) atoms. The van der Waals surface area contributed by atoms with Crippen LogP contribution in [0, 0.1) is 16.7 Å². The number of nitriles is 1. The van der Waals surface area contributed by atoms with Gasteiger partial charge >= 0.3 is 5.97 Å². The van der Waals surface area contributed by atoms with Crippen molar-refractivity contribution in [3.8, 4) is 11.8 Å². The first-order chi connectivity index (χ1) is 19.0. The third-order valence-electron chi connectivity index (χ3n) is 5.89. The summed E-state index contributed by atoms with van der Waals surface area (Å²) in [7, 11) is 1.35. The van der Waals surface area contributed by atoms with Crippen molar-refractivity contribution in [2.45, 2.75) is 21.5 Å². The van der Waals surface area contributed by atoms with Crippen LogP contribution in [0.25, 0.3) is 16.7 Å². The number of hydrogen-bond acceptors (Lipinski definition) is 9. The van der Waals surface area contributed by atoms with Crippen molar-refractivity contribution in [2.75, 3.05) is 13.4 Å². The van der Waals surface area contributed by atoms with Gasteiger partial charge in [-0.1, -0.05) is 42.1 Å². The number of methoxy groups -OCH3 is 1. The van der Waals surface area contributed by atoms with Crippen LogP contribution in [0.15, 0.2) is 93.9 Å². The van der Waals surface area contributed by atoms with Gasteiger partial charge in [0, 0.05) is 17.0 Å². The van der Waals surface area contributed by atoms with Crippen molar-refractivity contribution in [1.29, 1.82) is 10.7 Å². The number of nitrogens with zero attached hydrogens (tertiary/aromatic N) is 5. The normalized spacial score (nSPS) is 10.8. The maximum atomic E-state index is 11.9. The van der Waals surface area contributed by atoms with Crippen LogP contribution >= 0.6 is 23.5 Å². The van der Waals surface area contributed by atoms with Gasteiger partial charge in [0.05, 0.1) is 29.7 Å². The number of fused-ring (bicyclic) bond motifs is 1. The van der Waals surface area contributed by atoms with Crippen LogP contribution in [0.2, 0.25) is 0 Å². The lowest BCUT2D eigenvalue weighted by atomic mass is 10.1. The van der Waals surface area contributed by atoms with Gasteiger partial charge in [-0.3, -0.25) is 9.98 Å². The maximum Gasteiger partial charge on any atom is 0.337 e. The van der Waals surface area contributed by atoms with Crippen LogP contribution in [0.5, 0.6) is 0 Å². The average molecular weight is 551 g/mol. The lowest BCUT2D eigenvalue weighted by molar-refractivity contribution is 0.0600. The number of esters is 1. The molecule has 0 bridgehead atoms. The molecule has 10 heteroatoms. The van der Waals surface area contributed by atoms with Crippen molar-refractivity contribution < 1.29 is 9.53 Å². The highest BCUT2D eigenvalue weighted by Crippen LogP contribution is 2.30. The highest BCUT2D eigenvalue weighted by molar-refractivity contribution is 7.99. The summed E-state index contributed by atoms with van der Waals surface area (Å²) >= 11 is 2.82. The number of rotatable bonds is 7. The molecule has 0 saturated heterocycles. The third kappa shape index (κ3) is 5.55. The van der Waals surface area contributed by atoms with Crippen LogP contribution in [-0.2, 0) is 11.2 Å². The number of benzene rings is 3. The molecule has 0 unspecified atom stereocenters. The van der Waals surface area contributed by atoms with Crippen LogP contribution in [-0.4, -0.2) is 38.9 Å². The molecule has 192 valence electrons. The first-order valence-electron chi connectivity index (χ1n) is 11.8. The molecule has 0 radical (unpaired) electrons. The summed E-state index contributed by atoms with van der Waals surface area (Å²) in [6, 6.07) is 26.1. The quantitative estimate of drug-likeness (QED) is 0.124. The van der Waals surface area contributed by atoms with Gasteiger partial charge in [-0.15, -0.1) is 11.8 Å². The average Bonchev–Trinajstić information content (AvgIpc) is 2.97. The molecule has 5 aromatic rings. The van der Waals surface area contributed by atoms with E-state index in [4.69, 9.17) is 25.0 Å². The van der Waals surface area contributed by atoms with Gasteiger partial charge in [-0.05, 0) is 60.4 Å². The predicted octanol–water partition coefficient (Wildman–Crippen LogP) is 5.42. The van der Waals surface area contributed by atoms with Crippen LogP contribution in [0.3, 0.4) is 0 Å². The molecule has 3 aromatic carbocycles. The van der Waals surface area contributed by atoms with Gasteiger partial charge in [0.1, 0.15) is 16.3 Å². The number of thioether (sulfide) groups is 1. The molecule has 0 fully saturated rings. The van der Waals surface area contributed by atoms with Gasteiger partial charge < -0.3 is 4.74 Å². The number of para-hydroxylation sites is 1. The number of carbonyl (C=O) groups excluding carboxylic acids is 1. The predicted molar refractivity (Wildman–Crippen MR) is 150 cm³/mol. The van der Waals surface area contributed by atoms with Crippen molar-refractivity contribution in [1.82, 2.24) is 19.5 Å². The smallest absolute Gasteiger partial charge is 0.337 e. The Morgan fingerprint density at radius 2 is 1.72 bits per heavy atom. The van der Waals surface area contributed by atoms with Gasteiger partial charge in [-0.25, -0.2) is 19.7 Å². The minimum absolute atomic E-state index is 0.231. The largest absolute Gasteiger partial charge is 0.465 e. The number of hydrogen-bond donors (Lipinski definition) is 1. The van der Waals surface area contributed by atoms with E-state index in [0.717, 1.165) is 16.1 Å². The van der Waals surface area contributed by atoms with Crippen LogP contribution in [0.1, 0.15) is 27.3 Å². The monoisotopic (exact) mass is 550 g/mol. The van der Waals surface area contributed by atoms with Gasteiger partial charge in [0.2, 0.25) is 0 Å². The van der Waals surface area contributed by atoms with Crippen molar-refractivity contribution in [2.24, 2.45) is 0 Å². The van der Waals surface area contributed by atoms with E-state index in [2.05, 4.69) is 6.07 Å². The van der Waals surface area contributed by atoms with Crippen molar-refractivity contribution in [3.05, 3.63) is 107 Å². The molecule has 1 N–H and O–H groups in total. The summed E-state index contributed by atoms with van der Waals surface area (Å²) in [6.45, 7) is 0. The fraction of sp³-hybridized carbons (Fsp3) is 0.103. The summed E-state index contributed by atoms with van der Waals surface area (Å²) in [4.78, 5) is 27.2. The molecule has 0 aliphatic heterocycles. The summed E-state index contributed by atoms with van der Waals surface area (Å²) in [5.41, 5.74) is 3.48. The van der Waals surface area contributed by atoms with E-state index >= 15 is 0 Å². The van der Waals surface area contributed by atoms with E-state index in [1.807, 2.05) is 60.9 Å². The Kier molecular flexibility index (Phi) is 7.72. The minimum atomic E-state index is -0.403. The van der Waals surface area contributed by atoms with E-state index in [0.29, 0.717) is 44.6 Å². The molecule has 5 rings (SSSR count). The molecule has 0 amide bonds. The molecule has 0 saturated carbocycles. The van der Waals surface area contributed by atoms with Gasteiger partial charge in [0.25, 0.3) is 0 Å². The highest BCUT2D eigenvalue weighted by Gasteiger charge is 2.18. The molecule has 0 aliphatic carbocycles. The second-order valence-corrected chi connectivity index (χ2v) is 10.2. The first kappa shape index (κ1) is 26.2. The Morgan fingerprint density at radius 3 is 2.36 bits per heavy atom. The lowest BCUT2D eigenvalue weighted by Crippen LogP contribution is -2.23.